The first-order valence-electron chi connectivity index (χ1n) is 5.87. The second-order valence-electron chi connectivity index (χ2n) is 5.28. The number of carbonyl (C=O) groups is 1. The number of carbonyl (C=O) groups excluding carboxylic acids is 1. The van der Waals surface area contributed by atoms with E-state index in [1.165, 1.54) is 6.07 Å². The van der Waals surface area contributed by atoms with Crippen LogP contribution in [-0.2, 0) is 4.79 Å². The zero-order valence-electron chi connectivity index (χ0n) is 11.4. The van der Waals surface area contributed by atoms with E-state index in [1.54, 1.807) is 13.0 Å². The lowest BCUT2D eigenvalue weighted by molar-refractivity contribution is -0.122. The van der Waals surface area contributed by atoms with Crippen LogP contribution in [-0.4, -0.2) is 22.5 Å². The van der Waals surface area contributed by atoms with E-state index in [2.05, 4.69) is 15.6 Å². The second kappa shape index (κ2) is 5.89. The molecule has 1 heterocycles. The van der Waals surface area contributed by atoms with Crippen molar-refractivity contribution in [2.24, 2.45) is 0 Å². The fourth-order valence-corrected chi connectivity index (χ4v) is 1.61. The number of nitrogens with one attached hydrogen (secondary N) is 2. The first-order valence-corrected chi connectivity index (χ1v) is 6.25. The number of anilines is 1. The summed E-state index contributed by atoms with van der Waals surface area (Å²) in [6.07, 6.45) is 0. The molecule has 1 amide bonds. The molecule has 0 aliphatic heterocycles. The molecule has 0 aliphatic rings. The standard InChI is InChI=1S/C13H17ClN4O/c1-8(12(19)18-13(2,3)4)16-11-6-9(7-15)5-10(14)17-11/h5-6,8H,1-4H3,(H,16,17)(H,18,19). The zero-order valence-corrected chi connectivity index (χ0v) is 12.2. The third-order valence-electron chi connectivity index (χ3n) is 2.18. The van der Waals surface area contributed by atoms with Crippen LogP contribution in [0, 0.1) is 11.3 Å². The summed E-state index contributed by atoms with van der Waals surface area (Å²) in [4.78, 5) is 15.9. The summed E-state index contributed by atoms with van der Waals surface area (Å²) >= 11 is 5.80. The normalized spacial score (nSPS) is 12.4. The van der Waals surface area contributed by atoms with Crippen molar-refractivity contribution in [3.8, 4) is 6.07 Å². The van der Waals surface area contributed by atoms with E-state index in [0.29, 0.717) is 11.4 Å². The van der Waals surface area contributed by atoms with E-state index in [4.69, 9.17) is 16.9 Å². The zero-order chi connectivity index (χ0) is 14.6. The Bertz CT molecular complexity index is 516. The predicted molar refractivity (Wildman–Crippen MR) is 74.9 cm³/mol. The van der Waals surface area contributed by atoms with Crippen LogP contribution >= 0.6 is 11.6 Å². The van der Waals surface area contributed by atoms with Crippen molar-refractivity contribution in [2.75, 3.05) is 5.32 Å². The Balaban J connectivity index is 2.77. The monoisotopic (exact) mass is 280 g/mol. The number of rotatable bonds is 3. The number of amides is 1. The van der Waals surface area contributed by atoms with Gasteiger partial charge in [0.2, 0.25) is 5.91 Å². The van der Waals surface area contributed by atoms with Gasteiger partial charge in [0.25, 0.3) is 0 Å². The van der Waals surface area contributed by atoms with Crippen molar-refractivity contribution in [3.05, 3.63) is 22.8 Å². The highest BCUT2D eigenvalue weighted by atomic mass is 35.5. The smallest absolute Gasteiger partial charge is 0.242 e. The molecule has 0 fully saturated rings. The van der Waals surface area contributed by atoms with Gasteiger partial charge in [0.1, 0.15) is 17.0 Å². The lowest BCUT2D eigenvalue weighted by Crippen LogP contribution is -2.47. The van der Waals surface area contributed by atoms with Gasteiger partial charge in [-0.2, -0.15) is 5.26 Å². The van der Waals surface area contributed by atoms with Gasteiger partial charge in [0, 0.05) is 5.54 Å². The Labute approximate surface area is 118 Å². The SMILES string of the molecule is CC(Nc1cc(C#N)cc(Cl)n1)C(=O)NC(C)(C)C. The van der Waals surface area contributed by atoms with Crippen molar-refractivity contribution in [1.82, 2.24) is 10.3 Å². The van der Waals surface area contributed by atoms with Gasteiger partial charge in [-0.25, -0.2) is 4.98 Å². The molecule has 2 N–H and O–H groups in total. The van der Waals surface area contributed by atoms with Crippen LogP contribution in [0.1, 0.15) is 33.3 Å². The summed E-state index contributed by atoms with van der Waals surface area (Å²) in [5.41, 5.74) is 0.0954. The molecule has 19 heavy (non-hydrogen) atoms. The summed E-state index contributed by atoms with van der Waals surface area (Å²) in [5.74, 6) is 0.258. The van der Waals surface area contributed by atoms with Gasteiger partial charge in [0.15, 0.2) is 0 Å². The molecule has 0 radical (unpaired) electrons. The van der Waals surface area contributed by atoms with Crippen molar-refractivity contribution >= 4 is 23.3 Å². The number of pyridine rings is 1. The average molecular weight is 281 g/mol. The first-order chi connectivity index (χ1) is 8.71. The van der Waals surface area contributed by atoms with Gasteiger partial charge < -0.3 is 10.6 Å². The molecule has 0 aromatic carbocycles. The minimum absolute atomic E-state index is 0.146. The first kappa shape index (κ1) is 15.3. The van der Waals surface area contributed by atoms with Crippen molar-refractivity contribution in [1.29, 1.82) is 5.26 Å². The van der Waals surface area contributed by atoms with Gasteiger partial charge in [-0.05, 0) is 39.8 Å². The van der Waals surface area contributed by atoms with Crippen molar-refractivity contribution in [3.63, 3.8) is 0 Å². The molecular formula is C13H17ClN4O. The van der Waals surface area contributed by atoms with E-state index in [-0.39, 0.29) is 16.6 Å². The number of hydrogen-bond acceptors (Lipinski definition) is 4. The highest BCUT2D eigenvalue weighted by Crippen LogP contribution is 2.14. The van der Waals surface area contributed by atoms with Crippen LogP contribution in [0.25, 0.3) is 0 Å². The molecule has 1 rings (SSSR count). The summed E-state index contributed by atoms with van der Waals surface area (Å²) in [6.45, 7) is 7.44. The Morgan fingerprint density at radius 1 is 1.47 bits per heavy atom. The van der Waals surface area contributed by atoms with Crippen LogP contribution in [0.2, 0.25) is 5.15 Å². The molecule has 0 saturated heterocycles. The van der Waals surface area contributed by atoms with E-state index in [0.717, 1.165) is 0 Å². The Hall–Kier alpha value is -1.80. The molecule has 5 nitrogen and oxygen atoms in total. The molecule has 0 bridgehead atoms. The Morgan fingerprint density at radius 3 is 2.63 bits per heavy atom. The molecule has 0 saturated carbocycles. The van der Waals surface area contributed by atoms with E-state index in [1.807, 2.05) is 26.8 Å². The molecule has 102 valence electrons. The van der Waals surface area contributed by atoms with Crippen LogP contribution in [0.4, 0.5) is 5.82 Å². The van der Waals surface area contributed by atoms with Crippen LogP contribution < -0.4 is 10.6 Å². The molecule has 0 spiro atoms. The molecule has 0 aliphatic carbocycles. The van der Waals surface area contributed by atoms with E-state index < -0.39 is 6.04 Å². The minimum Gasteiger partial charge on any atom is -0.359 e. The number of hydrogen-bond donors (Lipinski definition) is 2. The minimum atomic E-state index is -0.475. The van der Waals surface area contributed by atoms with Crippen LogP contribution in [0.5, 0.6) is 0 Å². The third kappa shape index (κ3) is 5.14. The summed E-state index contributed by atoms with van der Waals surface area (Å²) in [5, 5.41) is 14.8. The topological polar surface area (TPSA) is 77.8 Å². The fourth-order valence-electron chi connectivity index (χ4n) is 1.40. The Morgan fingerprint density at radius 2 is 2.11 bits per heavy atom. The van der Waals surface area contributed by atoms with Gasteiger partial charge in [0.05, 0.1) is 11.6 Å². The number of halogens is 1. The third-order valence-corrected chi connectivity index (χ3v) is 2.37. The largest absolute Gasteiger partial charge is 0.359 e. The maximum Gasteiger partial charge on any atom is 0.242 e. The van der Waals surface area contributed by atoms with E-state index >= 15 is 0 Å². The van der Waals surface area contributed by atoms with E-state index in [9.17, 15) is 4.79 Å². The maximum absolute atomic E-state index is 11.9. The summed E-state index contributed by atoms with van der Waals surface area (Å²) < 4.78 is 0. The molecule has 6 heteroatoms. The van der Waals surface area contributed by atoms with Crippen LogP contribution in [0.15, 0.2) is 12.1 Å². The molecule has 1 aromatic rings. The molecule has 1 unspecified atom stereocenters. The van der Waals surface area contributed by atoms with Crippen molar-refractivity contribution in [2.45, 2.75) is 39.3 Å². The quantitative estimate of drug-likeness (QED) is 0.833. The van der Waals surface area contributed by atoms with Gasteiger partial charge >= 0.3 is 0 Å². The highest BCUT2D eigenvalue weighted by molar-refractivity contribution is 6.29. The highest BCUT2D eigenvalue weighted by Gasteiger charge is 2.19. The lowest BCUT2D eigenvalue weighted by Gasteiger charge is -2.23. The predicted octanol–water partition coefficient (Wildman–Crippen LogP) is 2.32. The molecule has 1 atom stereocenters. The molecule has 1 aromatic heterocycles. The Kier molecular flexibility index (Phi) is 4.73. The second-order valence-corrected chi connectivity index (χ2v) is 5.67. The van der Waals surface area contributed by atoms with Crippen molar-refractivity contribution < 1.29 is 4.79 Å². The number of nitriles is 1. The van der Waals surface area contributed by atoms with Gasteiger partial charge in [-0.15, -0.1) is 0 Å². The maximum atomic E-state index is 11.9. The molecular weight excluding hydrogens is 264 g/mol. The number of aromatic nitrogens is 1. The van der Waals surface area contributed by atoms with Crippen LogP contribution in [0.3, 0.4) is 0 Å². The fraction of sp³-hybridized carbons (Fsp3) is 0.462. The summed E-state index contributed by atoms with van der Waals surface area (Å²) in [7, 11) is 0. The lowest BCUT2D eigenvalue weighted by atomic mass is 10.1. The van der Waals surface area contributed by atoms with Gasteiger partial charge in [-0.3, -0.25) is 4.79 Å². The summed E-state index contributed by atoms with van der Waals surface area (Å²) in [6, 6.07) is 4.52. The average Bonchev–Trinajstić information content (AvgIpc) is 2.25. The number of nitrogens with zero attached hydrogens (tertiary/aromatic N) is 2. The van der Waals surface area contributed by atoms with Gasteiger partial charge in [-0.1, -0.05) is 11.6 Å².